The maximum atomic E-state index is 11.8. The van der Waals surface area contributed by atoms with E-state index < -0.39 is 5.97 Å². The summed E-state index contributed by atoms with van der Waals surface area (Å²) >= 11 is 0. The average Bonchev–Trinajstić information content (AvgIpc) is 2.81. The van der Waals surface area contributed by atoms with Crippen molar-refractivity contribution in [2.75, 3.05) is 19.8 Å². The number of rotatable bonds is 13. The molecule has 0 aromatic carbocycles. The van der Waals surface area contributed by atoms with Crippen LogP contribution in [0.3, 0.4) is 0 Å². The second-order valence-electron chi connectivity index (χ2n) is 9.90. The van der Waals surface area contributed by atoms with Gasteiger partial charge in [0.2, 0.25) is 0 Å². The summed E-state index contributed by atoms with van der Waals surface area (Å²) in [4.78, 5) is 23.0. The molecule has 32 heavy (non-hydrogen) atoms. The molecular formula is C27H44O5. The average molecular weight is 449 g/mol. The molecule has 2 saturated carbocycles. The Morgan fingerprint density at radius 2 is 1.53 bits per heavy atom. The number of hydrogen-bond acceptors (Lipinski definition) is 5. The molecule has 2 aliphatic rings. The van der Waals surface area contributed by atoms with Crippen molar-refractivity contribution in [3.05, 3.63) is 24.8 Å². The first-order chi connectivity index (χ1) is 15.4. The van der Waals surface area contributed by atoms with E-state index in [4.69, 9.17) is 14.6 Å². The normalized spacial score (nSPS) is 26.7. The van der Waals surface area contributed by atoms with Crippen molar-refractivity contribution in [1.29, 1.82) is 0 Å². The predicted octanol–water partition coefficient (Wildman–Crippen LogP) is 5.62. The lowest BCUT2D eigenvalue weighted by atomic mass is 9.66. The fourth-order valence-electron chi connectivity index (χ4n) is 5.83. The van der Waals surface area contributed by atoms with Crippen molar-refractivity contribution in [3.63, 3.8) is 0 Å². The molecule has 2 rings (SSSR count). The lowest BCUT2D eigenvalue weighted by Gasteiger charge is -2.40. The molecule has 0 spiro atoms. The fourth-order valence-corrected chi connectivity index (χ4v) is 5.83. The van der Waals surface area contributed by atoms with E-state index >= 15 is 0 Å². The van der Waals surface area contributed by atoms with Gasteiger partial charge in [-0.05, 0) is 93.8 Å². The standard InChI is InChI=1S/C27H44O5/c1-4-5-6-22-7-9-23(10-8-22)24-11-13-25(14-12-24)26(15-17-31-21(3)29)16-18-32-27(30)20(2)19-28/h4,22-26,28H,1-2,5-19H2,3H3. The Morgan fingerprint density at radius 1 is 0.969 bits per heavy atom. The topological polar surface area (TPSA) is 72.8 Å². The Bertz CT molecular complexity index is 597. The molecular weight excluding hydrogens is 404 g/mol. The molecule has 0 saturated heterocycles. The van der Waals surface area contributed by atoms with E-state index in [1.165, 1.54) is 64.7 Å². The summed E-state index contributed by atoms with van der Waals surface area (Å²) in [6, 6.07) is 0. The first-order valence-electron chi connectivity index (χ1n) is 12.6. The minimum Gasteiger partial charge on any atom is -0.466 e. The van der Waals surface area contributed by atoms with Gasteiger partial charge in [0.05, 0.1) is 25.4 Å². The summed E-state index contributed by atoms with van der Waals surface area (Å²) < 4.78 is 10.5. The maximum Gasteiger partial charge on any atom is 0.335 e. The van der Waals surface area contributed by atoms with Gasteiger partial charge in [0.1, 0.15) is 0 Å². The van der Waals surface area contributed by atoms with Crippen molar-refractivity contribution < 1.29 is 24.2 Å². The summed E-state index contributed by atoms with van der Waals surface area (Å²) in [6.07, 6.45) is 16.6. The largest absolute Gasteiger partial charge is 0.466 e. The van der Waals surface area contributed by atoms with Crippen LogP contribution in [0.2, 0.25) is 0 Å². The van der Waals surface area contributed by atoms with Crippen molar-refractivity contribution in [1.82, 2.24) is 0 Å². The van der Waals surface area contributed by atoms with Gasteiger partial charge in [-0.15, -0.1) is 6.58 Å². The molecule has 0 heterocycles. The zero-order valence-corrected chi connectivity index (χ0v) is 20.1. The second kappa shape index (κ2) is 14.5. The highest BCUT2D eigenvalue weighted by atomic mass is 16.5. The van der Waals surface area contributed by atoms with E-state index in [1.54, 1.807) is 0 Å². The molecule has 2 fully saturated rings. The quantitative estimate of drug-likeness (QED) is 0.225. The number of carbonyl (C=O) groups is 2. The number of ether oxygens (including phenoxy) is 2. The van der Waals surface area contributed by atoms with E-state index in [2.05, 4.69) is 19.2 Å². The summed E-state index contributed by atoms with van der Waals surface area (Å²) in [5.74, 6) is 2.83. The van der Waals surface area contributed by atoms with Crippen molar-refractivity contribution in [2.45, 2.75) is 84.0 Å². The first kappa shape index (κ1) is 26.6. The van der Waals surface area contributed by atoms with Crippen LogP contribution in [-0.2, 0) is 19.1 Å². The van der Waals surface area contributed by atoms with Gasteiger partial charge in [-0.3, -0.25) is 4.79 Å². The van der Waals surface area contributed by atoms with Crippen molar-refractivity contribution in [3.8, 4) is 0 Å². The van der Waals surface area contributed by atoms with Gasteiger partial charge in [0.15, 0.2) is 0 Å². The molecule has 2 aliphatic carbocycles. The number of aliphatic hydroxyl groups is 1. The number of allylic oxidation sites excluding steroid dienone is 1. The molecule has 1 unspecified atom stereocenters. The van der Waals surface area contributed by atoms with Gasteiger partial charge in [0.25, 0.3) is 0 Å². The molecule has 0 bridgehead atoms. The van der Waals surface area contributed by atoms with Crippen LogP contribution in [0.4, 0.5) is 0 Å². The number of carbonyl (C=O) groups excluding carboxylic acids is 2. The Kier molecular flexibility index (Phi) is 12.1. The van der Waals surface area contributed by atoms with Gasteiger partial charge in [-0.1, -0.05) is 25.5 Å². The zero-order chi connectivity index (χ0) is 23.3. The van der Waals surface area contributed by atoms with Crippen LogP contribution in [0.15, 0.2) is 24.8 Å². The highest BCUT2D eigenvalue weighted by Gasteiger charge is 2.33. The van der Waals surface area contributed by atoms with Crippen LogP contribution in [0.5, 0.6) is 0 Å². The lowest BCUT2D eigenvalue weighted by molar-refractivity contribution is -0.141. The van der Waals surface area contributed by atoms with Crippen LogP contribution < -0.4 is 0 Å². The maximum absolute atomic E-state index is 11.8. The molecule has 0 aromatic heterocycles. The molecule has 182 valence electrons. The lowest BCUT2D eigenvalue weighted by Crippen LogP contribution is -2.29. The highest BCUT2D eigenvalue weighted by Crippen LogP contribution is 2.44. The summed E-state index contributed by atoms with van der Waals surface area (Å²) in [5, 5.41) is 9.02. The molecule has 1 N–H and O–H groups in total. The third kappa shape index (κ3) is 9.09. The van der Waals surface area contributed by atoms with Crippen LogP contribution in [-0.4, -0.2) is 36.9 Å². The monoisotopic (exact) mass is 448 g/mol. The van der Waals surface area contributed by atoms with Crippen molar-refractivity contribution >= 4 is 11.9 Å². The molecule has 5 nitrogen and oxygen atoms in total. The highest BCUT2D eigenvalue weighted by molar-refractivity contribution is 5.87. The van der Waals surface area contributed by atoms with Crippen LogP contribution in [0, 0.1) is 29.6 Å². The van der Waals surface area contributed by atoms with Crippen LogP contribution >= 0.6 is 0 Å². The summed E-state index contributed by atoms with van der Waals surface area (Å²) in [5.41, 5.74) is 0.0844. The Morgan fingerprint density at radius 3 is 2.06 bits per heavy atom. The third-order valence-corrected chi connectivity index (χ3v) is 7.82. The van der Waals surface area contributed by atoms with E-state index in [0.717, 1.165) is 37.0 Å². The molecule has 0 amide bonds. The van der Waals surface area contributed by atoms with Gasteiger partial charge in [-0.2, -0.15) is 0 Å². The Hall–Kier alpha value is -1.62. The van der Waals surface area contributed by atoms with Gasteiger partial charge in [-0.25, -0.2) is 4.79 Å². The zero-order valence-electron chi connectivity index (χ0n) is 20.1. The van der Waals surface area contributed by atoms with Gasteiger partial charge >= 0.3 is 11.9 Å². The molecule has 0 aliphatic heterocycles. The minimum absolute atomic E-state index is 0.0844. The van der Waals surface area contributed by atoms with E-state index in [1.807, 2.05) is 0 Å². The second-order valence-corrected chi connectivity index (χ2v) is 9.90. The Balaban J connectivity index is 1.79. The van der Waals surface area contributed by atoms with Crippen molar-refractivity contribution in [2.24, 2.45) is 29.6 Å². The van der Waals surface area contributed by atoms with E-state index in [0.29, 0.717) is 25.0 Å². The van der Waals surface area contributed by atoms with Gasteiger partial charge < -0.3 is 14.6 Å². The fraction of sp³-hybridized carbons (Fsp3) is 0.778. The molecule has 5 heteroatoms. The summed E-state index contributed by atoms with van der Waals surface area (Å²) in [7, 11) is 0. The first-order valence-corrected chi connectivity index (χ1v) is 12.6. The van der Waals surface area contributed by atoms with E-state index in [-0.39, 0.29) is 18.1 Å². The minimum atomic E-state index is -0.529. The third-order valence-electron chi connectivity index (χ3n) is 7.82. The van der Waals surface area contributed by atoms with Gasteiger partial charge in [0, 0.05) is 6.92 Å². The predicted molar refractivity (Wildman–Crippen MR) is 127 cm³/mol. The molecule has 0 radical (unpaired) electrons. The Labute approximate surface area is 194 Å². The molecule has 0 aromatic rings. The van der Waals surface area contributed by atoms with Crippen LogP contribution in [0.1, 0.15) is 84.0 Å². The number of esters is 2. The summed E-state index contributed by atoms with van der Waals surface area (Å²) in [6.45, 7) is 9.17. The number of aliphatic hydroxyl groups excluding tert-OH is 1. The SMILES string of the molecule is C=CCCC1CCC(C2CCC(C(CCOC(C)=O)CCOC(=O)C(=C)CO)CC2)CC1. The smallest absolute Gasteiger partial charge is 0.335 e. The molecule has 1 atom stereocenters. The number of hydrogen-bond donors (Lipinski definition) is 1. The van der Waals surface area contributed by atoms with Crippen LogP contribution in [0.25, 0.3) is 0 Å². The van der Waals surface area contributed by atoms with E-state index in [9.17, 15) is 9.59 Å².